The minimum atomic E-state index is -0.804. The Kier molecular flexibility index (Phi) is 5.01. The van der Waals surface area contributed by atoms with E-state index in [1.807, 2.05) is 23.1 Å². The highest BCUT2D eigenvalue weighted by Crippen LogP contribution is 2.23. The number of carbonyl (C=O) groups excluding carboxylic acids is 1. The van der Waals surface area contributed by atoms with Gasteiger partial charge in [0.1, 0.15) is 0 Å². The number of nitrogens with zero attached hydrogens (tertiary/aromatic N) is 1. The molecule has 2 rings (SSSR count). The van der Waals surface area contributed by atoms with Crippen LogP contribution >= 0.6 is 11.6 Å². The van der Waals surface area contributed by atoms with E-state index < -0.39 is 5.97 Å². The number of carboxylic acid groups (broad SMARTS) is 1. The van der Waals surface area contributed by atoms with Gasteiger partial charge in [0.05, 0.1) is 0 Å². The van der Waals surface area contributed by atoms with Crippen molar-refractivity contribution >= 4 is 23.5 Å². The predicted octanol–water partition coefficient (Wildman–Crippen LogP) is 2.87. The molecule has 1 aromatic carbocycles. The standard InChI is InChI=1S/C15H18ClNO3/c16-13-6-5-12-10-17(8-7-11(12)9-13)14(18)3-1-2-4-15(19)20/h5-6,9H,1-4,7-8,10H2,(H,19,20). The zero-order valence-electron chi connectivity index (χ0n) is 11.3. The molecule has 1 aliphatic rings. The molecule has 0 fully saturated rings. The van der Waals surface area contributed by atoms with E-state index in [0.717, 1.165) is 17.0 Å². The molecular formula is C15H18ClNO3. The van der Waals surface area contributed by atoms with Gasteiger partial charge in [-0.2, -0.15) is 0 Å². The number of aliphatic carboxylic acids is 1. The van der Waals surface area contributed by atoms with E-state index in [1.54, 1.807) is 0 Å². The van der Waals surface area contributed by atoms with Gasteiger partial charge in [-0.05, 0) is 42.5 Å². The number of carbonyl (C=O) groups is 2. The molecule has 4 nitrogen and oxygen atoms in total. The summed E-state index contributed by atoms with van der Waals surface area (Å²) in [7, 11) is 0. The summed E-state index contributed by atoms with van der Waals surface area (Å²) in [6, 6.07) is 5.79. The zero-order valence-corrected chi connectivity index (χ0v) is 12.0. The third-order valence-electron chi connectivity index (χ3n) is 3.56. The molecule has 1 amide bonds. The molecule has 1 heterocycles. The van der Waals surface area contributed by atoms with E-state index in [-0.39, 0.29) is 12.3 Å². The summed E-state index contributed by atoms with van der Waals surface area (Å²) in [4.78, 5) is 24.3. The van der Waals surface area contributed by atoms with Crippen molar-refractivity contribution < 1.29 is 14.7 Å². The van der Waals surface area contributed by atoms with Gasteiger partial charge >= 0.3 is 5.97 Å². The number of unbranched alkanes of at least 4 members (excludes halogenated alkanes) is 1. The Morgan fingerprint density at radius 1 is 1.20 bits per heavy atom. The van der Waals surface area contributed by atoms with Gasteiger partial charge in [0.25, 0.3) is 0 Å². The van der Waals surface area contributed by atoms with Crippen LogP contribution < -0.4 is 0 Å². The fourth-order valence-electron chi connectivity index (χ4n) is 2.45. The van der Waals surface area contributed by atoms with Crippen LogP contribution in [0, 0.1) is 0 Å². The van der Waals surface area contributed by atoms with Gasteiger partial charge in [-0.1, -0.05) is 17.7 Å². The monoisotopic (exact) mass is 295 g/mol. The van der Waals surface area contributed by atoms with Crippen molar-refractivity contribution in [2.45, 2.75) is 38.6 Å². The van der Waals surface area contributed by atoms with Crippen LogP contribution in [0.25, 0.3) is 0 Å². The SMILES string of the molecule is O=C(O)CCCCC(=O)N1CCc2cc(Cl)ccc2C1. The lowest BCUT2D eigenvalue weighted by molar-refractivity contribution is -0.137. The number of fused-ring (bicyclic) bond motifs is 1. The van der Waals surface area contributed by atoms with E-state index in [1.165, 1.54) is 5.56 Å². The quantitative estimate of drug-likeness (QED) is 0.850. The number of carboxylic acids is 1. The maximum atomic E-state index is 12.1. The highest BCUT2D eigenvalue weighted by molar-refractivity contribution is 6.30. The first kappa shape index (κ1) is 14.9. The van der Waals surface area contributed by atoms with E-state index >= 15 is 0 Å². The molecule has 1 N–H and O–H groups in total. The molecule has 0 aromatic heterocycles. The van der Waals surface area contributed by atoms with Gasteiger partial charge in [0.2, 0.25) is 5.91 Å². The smallest absolute Gasteiger partial charge is 0.303 e. The normalized spacial score (nSPS) is 13.9. The van der Waals surface area contributed by atoms with Crippen molar-refractivity contribution in [3.05, 3.63) is 34.3 Å². The van der Waals surface area contributed by atoms with Crippen molar-refractivity contribution in [2.24, 2.45) is 0 Å². The lowest BCUT2D eigenvalue weighted by Gasteiger charge is -2.29. The van der Waals surface area contributed by atoms with Crippen LogP contribution in [0.2, 0.25) is 5.02 Å². The lowest BCUT2D eigenvalue weighted by Crippen LogP contribution is -2.35. The minimum Gasteiger partial charge on any atom is -0.481 e. The Bertz CT molecular complexity index is 516. The topological polar surface area (TPSA) is 57.6 Å². The maximum Gasteiger partial charge on any atom is 0.303 e. The van der Waals surface area contributed by atoms with Crippen molar-refractivity contribution in [1.82, 2.24) is 4.90 Å². The largest absolute Gasteiger partial charge is 0.481 e. The van der Waals surface area contributed by atoms with Gasteiger partial charge in [-0.15, -0.1) is 0 Å². The first-order valence-corrected chi connectivity index (χ1v) is 7.21. The Labute approximate surface area is 123 Å². The molecule has 0 spiro atoms. The molecule has 1 aliphatic heterocycles. The molecule has 0 atom stereocenters. The first-order chi connectivity index (χ1) is 9.56. The van der Waals surface area contributed by atoms with Crippen molar-refractivity contribution in [2.75, 3.05) is 6.54 Å². The van der Waals surface area contributed by atoms with Crippen LogP contribution in [0.15, 0.2) is 18.2 Å². The highest BCUT2D eigenvalue weighted by atomic mass is 35.5. The average Bonchev–Trinajstić information content (AvgIpc) is 2.42. The number of hydrogen-bond acceptors (Lipinski definition) is 2. The number of halogens is 1. The summed E-state index contributed by atoms with van der Waals surface area (Å²) < 4.78 is 0. The molecule has 0 saturated carbocycles. The van der Waals surface area contributed by atoms with E-state index in [4.69, 9.17) is 16.7 Å². The minimum absolute atomic E-state index is 0.107. The van der Waals surface area contributed by atoms with Crippen LogP contribution in [-0.4, -0.2) is 28.4 Å². The van der Waals surface area contributed by atoms with E-state index in [0.29, 0.717) is 32.4 Å². The molecule has 1 aromatic rings. The van der Waals surface area contributed by atoms with Gasteiger partial charge < -0.3 is 10.0 Å². The van der Waals surface area contributed by atoms with Crippen molar-refractivity contribution in [3.8, 4) is 0 Å². The van der Waals surface area contributed by atoms with Crippen LogP contribution in [-0.2, 0) is 22.6 Å². The van der Waals surface area contributed by atoms with Crippen LogP contribution in [0.4, 0.5) is 0 Å². The Hall–Kier alpha value is -1.55. The van der Waals surface area contributed by atoms with Crippen molar-refractivity contribution in [3.63, 3.8) is 0 Å². The summed E-state index contributed by atoms with van der Waals surface area (Å²) >= 11 is 5.96. The molecule has 5 heteroatoms. The fraction of sp³-hybridized carbons (Fsp3) is 0.467. The Balaban J connectivity index is 1.84. The molecule has 108 valence electrons. The Morgan fingerprint density at radius 3 is 2.70 bits per heavy atom. The summed E-state index contributed by atoms with van der Waals surface area (Å²) in [6.45, 7) is 1.34. The second kappa shape index (κ2) is 6.75. The third-order valence-corrected chi connectivity index (χ3v) is 3.80. The predicted molar refractivity (Wildman–Crippen MR) is 76.7 cm³/mol. The number of rotatable bonds is 5. The van der Waals surface area contributed by atoms with Crippen molar-refractivity contribution in [1.29, 1.82) is 0 Å². The summed E-state index contributed by atoms with van der Waals surface area (Å²) in [5, 5.41) is 9.29. The Morgan fingerprint density at radius 2 is 1.95 bits per heavy atom. The molecular weight excluding hydrogens is 278 g/mol. The third kappa shape index (κ3) is 3.97. The lowest BCUT2D eigenvalue weighted by atomic mass is 9.99. The van der Waals surface area contributed by atoms with Crippen LogP contribution in [0.3, 0.4) is 0 Å². The number of hydrogen-bond donors (Lipinski definition) is 1. The van der Waals surface area contributed by atoms with E-state index in [9.17, 15) is 9.59 Å². The zero-order chi connectivity index (χ0) is 14.5. The van der Waals surface area contributed by atoms with Gasteiger partial charge in [0, 0.05) is 31.0 Å². The number of benzene rings is 1. The molecule has 0 aliphatic carbocycles. The molecule has 20 heavy (non-hydrogen) atoms. The average molecular weight is 296 g/mol. The summed E-state index contributed by atoms with van der Waals surface area (Å²) in [5.74, 6) is -0.697. The number of amides is 1. The second-order valence-corrected chi connectivity index (χ2v) is 5.52. The second-order valence-electron chi connectivity index (χ2n) is 5.08. The van der Waals surface area contributed by atoms with Crippen LogP contribution in [0.5, 0.6) is 0 Å². The molecule has 0 bridgehead atoms. The summed E-state index contributed by atoms with van der Waals surface area (Å²) in [5.41, 5.74) is 2.37. The van der Waals surface area contributed by atoms with Gasteiger partial charge in [-0.25, -0.2) is 0 Å². The molecule has 0 saturated heterocycles. The molecule has 0 radical (unpaired) electrons. The fourth-order valence-corrected chi connectivity index (χ4v) is 2.64. The molecule has 0 unspecified atom stereocenters. The summed E-state index contributed by atoms with van der Waals surface area (Å²) in [6.07, 6.45) is 2.58. The maximum absolute atomic E-state index is 12.1. The van der Waals surface area contributed by atoms with Gasteiger partial charge in [-0.3, -0.25) is 9.59 Å². The van der Waals surface area contributed by atoms with E-state index in [2.05, 4.69) is 0 Å². The van der Waals surface area contributed by atoms with Crippen LogP contribution in [0.1, 0.15) is 36.8 Å². The highest BCUT2D eigenvalue weighted by Gasteiger charge is 2.20. The first-order valence-electron chi connectivity index (χ1n) is 6.83. The van der Waals surface area contributed by atoms with Gasteiger partial charge in [0.15, 0.2) is 0 Å².